The molecule has 7 nitrogen and oxygen atoms in total. The summed E-state index contributed by atoms with van der Waals surface area (Å²) >= 11 is 0. The second-order valence-electron chi connectivity index (χ2n) is 7.88. The maximum absolute atomic E-state index is 11.3. The van der Waals surface area contributed by atoms with Gasteiger partial charge in [0.1, 0.15) is 5.82 Å². The van der Waals surface area contributed by atoms with Gasteiger partial charge in [-0.1, -0.05) is 39.8 Å². The van der Waals surface area contributed by atoms with E-state index in [4.69, 9.17) is 15.0 Å². The number of hydrogen-bond acceptors (Lipinski definition) is 6. The first kappa shape index (κ1) is 24.6. The molecule has 0 fully saturated rings. The van der Waals surface area contributed by atoms with Crippen LogP contribution in [0.25, 0.3) is 0 Å². The molecule has 2 rings (SSSR count). The van der Waals surface area contributed by atoms with Crippen molar-refractivity contribution in [1.82, 2.24) is 15.0 Å². The molecule has 0 saturated carbocycles. The van der Waals surface area contributed by atoms with Crippen molar-refractivity contribution in [1.29, 1.82) is 0 Å². The Morgan fingerprint density at radius 2 is 1.23 bits per heavy atom. The van der Waals surface area contributed by atoms with Crippen LogP contribution in [0.3, 0.4) is 0 Å². The van der Waals surface area contributed by atoms with Gasteiger partial charge in [-0.15, -0.1) is 0 Å². The maximum Gasteiger partial charge on any atom is 0.230 e. The Morgan fingerprint density at radius 3 is 1.61 bits per heavy atom. The molecule has 0 spiro atoms. The predicted molar refractivity (Wildman–Crippen MR) is 129 cm³/mol. The minimum absolute atomic E-state index is 0.0709. The van der Waals surface area contributed by atoms with Crippen molar-refractivity contribution < 1.29 is 4.79 Å². The number of nitrogens with one attached hydrogen (secondary N) is 1. The van der Waals surface area contributed by atoms with Crippen molar-refractivity contribution in [3.63, 3.8) is 0 Å². The van der Waals surface area contributed by atoms with Crippen LogP contribution in [0.15, 0.2) is 24.3 Å². The Morgan fingerprint density at radius 1 is 0.774 bits per heavy atom. The molecule has 7 heteroatoms. The van der Waals surface area contributed by atoms with Crippen molar-refractivity contribution in [2.45, 2.75) is 66.7 Å². The first-order chi connectivity index (χ1) is 15.0. The molecule has 1 aromatic carbocycles. The van der Waals surface area contributed by atoms with E-state index in [1.165, 1.54) is 6.92 Å². The molecule has 1 N–H and O–H groups in total. The van der Waals surface area contributed by atoms with E-state index in [9.17, 15) is 4.79 Å². The molecule has 0 saturated heterocycles. The van der Waals surface area contributed by atoms with Crippen molar-refractivity contribution in [3.05, 3.63) is 35.7 Å². The summed E-state index contributed by atoms with van der Waals surface area (Å²) in [6.45, 7) is 14.0. The molecule has 0 aliphatic rings. The van der Waals surface area contributed by atoms with E-state index in [2.05, 4.69) is 42.8 Å². The average Bonchev–Trinajstić information content (AvgIpc) is 2.74. The highest BCUT2D eigenvalue weighted by Crippen LogP contribution is 2.19. The zero-order chi connectivity index (χ0) is 22.6. The van der Waals surface area contributed by atoms with E-state index in [1.807, 2.05) is 24.3 Å². The lowest BCUT2D eigenvalue weighted by Gasteiger charge is -2.26. The fourth-order valence-corrected chi connectivity index (χ4v) is 3.55. The fraction of sp³-hybridized carbons (Fsp3) is 0.583. The molecule has 0 unspecified atom stereocenters. The molecule has 2 aromatic rings. The Balaban J connectivity index is 2.38. The molecule has 0 radical (unpaired) electrons. The van der Waals surface area contributed by atoms with Crippen molar-refractivity contribution in [3.8, 4) is 0 Å². The molecule has 1 amide bonds. The van der Waals surface area contributed by atoms with Crippen LogP contribution in [0, 0.1) is 0 Å². The number of aromatic nitrogens is 3. The summed E-state index contributed by atoms with van der Waals surface area (Å²) in [4.78, 5) is 30.4. The number of hydrogen-bond donors (Lipinski definition) is 1. The fourth-order valence-electron chi connectivity index (χ4n) is 3.55. The van der Waals surface area contributed by atoms with E-state index in [-0.39, 0.29) is 5.91 Å². The minimum Gasteiger partial charge on any atom is -0.341 e. The maximum atomic E-state index is 11.3. The minimum atomic E-state index is -0.0709. The normalized spacial score (nSPS) is 10.7. The van der Waals surface area contributed by atoms with Gasteiger partial charge in [-0.2, -0.15) is 15.0 Å². The highest BCUT2D eigenvalue weighted by Gasteiger charge is 2.16. The van der Waals surface area contributed by atoms with Gasteiger partial charge in [0.25, 0.3) is 0 Å². The van der Waals surface area contributed by atoms with Gasteiger partial charge in [0.15, 0.2) is 0 Å². The highest BCUT2D eigenvalue weighted by molar-refractivity contribution is 5.88. The smallest absolute Gasteiger partial charge is 0.230 e. The molecule has 170 valence electrons. The number of nitrogens with zero attached hydrogens (tertiary/aromatic N) is 5. The lowest BCUT2D eigenvalue weighted by Crippen LogP contribution is -2.31. The monoisotopic (exact) mass is 426 g/mol. The van der Waals surface area contributed by atoms with Crippen LogP contribution < -0.4 is 15.1 Å². The number of carbonyl (C=O) groups excluding carboxylic acids is 1. The molecule has 0 aliphatic carbocycles. The quantitative estimate of drug-likeness (QED) is 0.501. The summed E-state index contributed by atoms with van der Waals surface area (Å²) < 4.78 is 0. The zero-order valence-electron chi connectivity index (χ0n) is 19.8. The lowest BCUT2D eigenvalue weighted by atomic mass is 10.1. The first-order valence-corrected chi connectivity index (χ1v) is 11.6. The third kappa shape index (κ3) is 7.81. The second-order valence-corrected chi connectivity index (χ2v) is 7.88. The second kappa shape index (κ2) is 12.9. The Hall–Kier alpha value is -2.70. The van der Waals surface area contributed by atoms with Gasteiger partial charge >= 0.3 is 0 Å². The van der Waals surface area contributed by atoms with Crippen LogP contribution in [0.2, 0.25) is 0 Å². The predicted octanol–water partition coefficient (Wildman–Crippen LogP) is 4.67. The third-order valence-corrected chi connectivity index (χ3v) is 4.83. The topological polar surface area (TPSA) is 74.2 Å². The van der Waals surface area contributed by atoms with E-state index in [1.54, 1.807) is 0 Å². The number of rotatable bonds is 13. The number of carbonyl (C=O) groups is 1. The molecule has 31 heavy (non-hydrogen) atoms. The number of benzene rings is 1. The molecule has 0 bridgehead atoms. The van der Waals surface area contributed by atoms with Gasteiger partial charge in [0.2, 0.25) is 17.8 Å². The average molecular weight is 427 g/mol. The van der Waals surface area contributed by atoms with Crippen LogP contribution in [-0.2, 0) is 11.2 Å². The standard InChI is InChI=1S/C24H38N6O/c1-6-14-29(15-7-2)23-26-22(27-24(28-23)30(16-8-3)17-9-4)18-20-10-12-21(13-11-20)25-19(5)31/h10-13H,6-9,14-18H2,1-5H3,(H,25,31). The van der Waals surface area contributed by atoms with Gasteiger partial charge < -0.3 is 15.1 Å². The molecular weight excluding hydrogens is 388 g/mol. The van der Waals surface area contributed by atoms with Crippen molar-refractivity contribution >= 4 is 23.5 Å². The summed E-state index contributed by atoms with van der Waals surface area (Å²) in [5.41, 5.74) is 1.90. The summed E-state index contributed by atoms with van der Waals surface area (Å²) in [6, 6.07) is 7.86. The number of amides is 1. The molecule has 0 atom stereocenters. The van der Waals surface area contributed by atoms with Crippen molar-refractivity contribution in [2.75, 3.05) is 41.3 Å². The van der Waals surface area contributed by atoms with Gasteiger partial charge in [0, 0.05) is 45.2 Å². The molecule has 1 aromatic heterocycles. The van der Waals surface area contributed by atoms with Gasteiger partial charge in [-0.3, -0.25) is 4.79 Å². The zero-order valence-corrected chi connectivity index (χ0v) is 19.8. The highest BCUT2D eigenvalue weighted by atomic mass is 16.1. The summed E-state index contributed by atoms with van der Waals surface area (Å²) in [5, 5.41) is 2.81. The van der Waals surface area contributed by atoms with E-state index >= 15 is 0 Å². The van der Waals surface area contributed by atoms with Gasteiger partial charge in [-0.05, 0) is 43.4 Å². The molecule has 1 heterocycles. The van der Waals surface area contributed by atoms with Crippen LogP contribution in [-0.4, -0.2) is 47.0 Å². The first-order valence-electron chi connectivity index (χ1n) is 11.6. The van der Waals surface area contributed by atoms with E-state index < -0.39 is 0 Å². The van der Waals surface area contributed by atoms with Crippen LogP contribution in [0.4, 0.5) is 17.6 Å². The van der Waals surface area contributed by atoms with Crippen LogP contribution >= 0.6 is 0 Å². The largest absolute Gasteiger partial charge is 0.341 e. The van der Waals surface area contributed by atoms with Crippen LogP contribution in [0.5, 0.6) is 0 Å². The van der Waals surface area contributed by atoms with Gasteiger partial charge in [0.05, 0.1) is 0 Å². The number of anilines is 3. The van der Waals surface area contributed by atoms with Crippen molar-refractivity contribution in [2.24, 2.45) is 0 Å². The molecular formula is C24H38N6O. The van der Waals surface area contributed by atoms with Crippen LogP contribution in [0.1, 0.15) is 71.7 Å². The van der Waals surface area contributed by atoms with Gasteiger partial charge in [-0.25, -0.2) is 0 Å². The summed E-state index contributed by atoms with van der Waals surface area (Å²) in [5.74, 6) is 2.26. The molecule has 0 aliphatic heterocycles. The Labute approximate surface area is 187 Å². The Kier molecular flexibility index (Phi) is 10.2. The third-order valence-electron chi connectivity index (χ3n) is 4.83. The SMILES string of the molecule is CCCN(CCC)c1nc(Cc2ccc(NC(C)=O)cc2)nc(N(CCC)CCC)n1. The van der Waals surface area contributed by atoms with E-state index in [0.29, 0.717) is 6.42 Å². The summed E-state index contributed by atoms with van der Waals surface area (Å²) in [6.07, 6.45) is 4.83. The van der Waals surface area contributed by atoms with E-state index in [0.717, 1.165) is 80.8 Å². The summed E-state index contributed by atoms with van der Waals surface area (Å²) in [7, 11) is 0. The lowest BCUT2D eigenvalue weighted by molar-refractivity contribution is -0.114. The Bertz CT molecular complexity index is 762.